The molecule has 7 heteroatoms. The normalized spacial score (nSPS) is 23.4. The lowest BCUT2D eigenvalue weighted by Gasteiger charge is -2.38. The number of nitrogens with one attached hydrogen (secondary N) is 1. The summed E-state index contributed by atoms with van der Waals surface area (Å²) in [6.45, 7) is 1.22. The Morgan fingerprint density at radius 2 is 2.18 bits per heavy atom. The molecule has 0 aromatic rings. The largest absolute Gasteiger partial charge is 0.511 e. The first kappa shape index (κ1) is 11.9. The molecule has 0 atom stereocenters. The minimum absolute atomic E-state index is 0.186. The van der Waals surface area contributed by atoms with E-state index in [1.165, 1.54) is 6.08 Å². The van der Waals surface area contributed by atoms with Gasteiger partial charge in [-0.15, -0.1) is 0 Å². The number of carboxylic acid groups (broad SMARTS) is 1. The molecular formula is C10H14N2O5. The van der Waals surface area contributed by atoms with Gasteiger partial charge in [-0.2, -0.15) is 5.06 Å². The number of nitrogens with zero attached hydrogens (tertiary/aromatic N) is 1. The van der Waals surface area contributed by atoms with Crippen LogP contribution in [0.15, 0.2) is 11.8 Å². The smallest absolute Gasteiger partial charge is 0.449 e. The zero-order valence-corrected chi connectivity index (χ0v) is 9.43. The number of carbonyl (C=O) groups is 2. The standard InChI is InChI=1S/C10H14N2O5/c1-16-12-4-2-10(3-5-12)7(17-9(14)15)6-8(13)11-10/h6H,2-5H2,1H3,(H,11,13)(H,14,15). The van der Waals surface area contributed by atoms with Crippen LogP contribution in [0.25, 0.3) is 0 Å². The Kier molecular flexibility index (Phi) is 3.03. The molecule has 0 aromatic heterocycles. The highest BCUT2D eigenvalue weighted by Gasteiger charge is 2.45. The minimum atomic E-state index is -1.40. The number of ether oxygens (including phenoxy) is 1. The van der Waals surface area contributed by atoms with Crippen LogP contribution in [0.2, 0.25) is 0 Å². The zero-order valence-electron chi connectivity index (χ0n) is 9.43. The quantitative estimate of drug-likeness (QED) is 0.667. The summed E-state index contributed by atoms with van der Waals surface area (Å²) in [5.41, 5.74) is -0.690. The number of piperidine rings is 1. The molecule has 0 aliphatic carbocycles. The van der Waals surface area contributed by atoms with E-state index in [2.05, 4.69) is 10.1 Å². The Bertz CT molecular complexity index is 371. The average Bonchev–Trinajstić information content (AvgIpc) is 2.55. The van der Waals surface area contributed by atoms with Gasteiger partial charge in [0.05, 0.1) is 7.11 Å². The molecule has 0 saturated carbocycles. The fourth-order valence-corrected chi connectivity index (χ4v) is 2.23. The highest BCUT2D eigenvalue weighted by atomic mass is 16.7. The van der Waals surface area contributed by atoms with E-state index in [9.17, 15) is 9.59 Å². The highest BCUT2D eigenvalue weighted by Crippen LogP contribution is 2.33. The molecule has 0 bridgehead atoms. The van der Waals surface area contributed by atoms with Gasteiger partial charge in [0.2, 0.25) is 5.91 Å². The van der Waals surface area contributed by atoms with Gasteiger partial charge in [0, 0.05) is 19.2 Å². The molecule has 2 rings (SSSR count). The third-order valence-electron chi connectivity index (χ3n) is 3.13. The molecule has 94 valence electrons. The maximum absolute atomic E-state index is 11.4. The van der Waals surface area contributed by atoms with Crippen molar-refractivity contribution in [1.29, 1.82) is 0 Å². The summed E-state index contributed by atoms with van der Waals surface area (Å²) < 4.78 is 4.68. The molecule has 0 aromatic carbocycles. The zero-order chi connectivity index (χ0) is 12.5. The van der Waals surface area contributed by atoms with Gasteiger partial charge in [-0.25, -0.2) is 4.79 Å². The number of carbonyl (C=O) groups excluding carboxylic acids is 1. The number of amides is 1. The predicted octanol–water partition coefficient (Wildman–Crippen LogP) is 0.0907. The van der Waals surface area contributed by atoms with E-state index < -0.39 is 11.7 Å². The van der Waals surface area contributed by atoms with Crippen LogP contribution in [-0.2, 0) is 14.4 Å². The van der Waals surface area contributed by atoms with E-state index in [-0.39, 0.29) is 11.7 Å². The van der Waals surface area contributed by atoms with Gasteiger partial charge in [0.25, 0.3) is 0 Å². The number of rotatable bonds is 2. The maximum Gasteiger partial charge on any atom is 0.511 e. The third kappa shape index (κ3) is 2.25. The molecule has 17 heavy (non-hydrogen) atoms. The SMILES string of the molecule is CON1CCC2(CC1)NC(=O)C=C2OC(=O)O. The second-order valence-corrected chi connectivity index (χ2v) is 4.06. The lowest BCUT2D eigenvalue weighted by Crippen LogP contribution is -2.53. The van der Waals surface area contributed by atoms with Gasteiger partial charge in [-0.1, -0.05) is 0 Å². The first-order valence-corrected chi connectivity index (χ1v) is 5.30. The van der Waals surface area contributed by atoms with Gasteiger partial charge in [-0.3, -0.25) is 4.79 Å². The first-order valence-electron chi connectivity index (χ1n) is 5.30. The number of hydroxylamine groups is 2. The molecule has 0 radical (unpaired) electrons. The second-order valence-electron chi connectivity index (χ2n) is 4.06. The van der Waals surface area contributed by atoms with E-state index >= 15 is 0 Å². The van der Waals surface area contributed by atoms with Crippen molar-refractivity contribution in [3.05, 3.63) is 11.8 Å². The van der Waals surface area contributed by atoms with Crippen molar-refractivity contribution in [2.45, 2.75) is 18.4 Å². The summed E-state index contributed by atoms with van der Waals surface area (Å²) in [4.78, 5) is 27.0. The molecule has 1 spiro atoms. The van der Waals surface area contributed by atoms with E-state index in [0.29, 0.717) is 25.9 Å². The fourth-order valence-electron chi connectivity index (χ4n) is 2.23. The molecule has 1 saturated heterocycles. The van der Waals surface area contributed by atoms with E-state index in [1.807, 2.05) is 0 Å². The molecule has 2 N–H and O–H groups in total. The Balaban J connectivity index is 2.12. The summed E-state index contributed by atoms with van der Waals surface area (Å²) in [5.74, 6) is -0.127. The maximum atomic E-state index is 11.4. The lowest BCUT2D eigenvalue weighted by molar-refractivity contribution is -0.152. The monoisotopic (exact) mass is 242 g/mol. The molecule has 2 aliphatic rings. The topological polar surface area (TPSA) is 88.1 Å². The first-order chi connectivity index (χ1) is 8.05. The number of hydrogen-bond donors (Lipinski definition) is 2. The third-order valence-corrected chi connectivity index (χ3v) is 3.13. The summed E-state index contributed by atoms with van der Waals surface area (Å²) in [7, 11) is 1.58. The van der Waals surface area contributed by atoms with Crippen LogP contribution in [-0.4, -0.2) is 48.0 Å². The molecule has 1 amide bonds. The molecular weight excluding hydrogens is 228 g/mol. The van der Waals surface area contributed by atoms with Crippen molar-refractivity contribution < 1.29 is 24.3 Å². The van der Waals surface area contributed by atoms with Crippen molar-refractivity contribution in [1.82, 2.24) is 10.4 Å². The summed E-state index contributed by atoms with van der Waals surface area (Å²) in [6.07, 6.45) is 0.926. The molecule has 2 heterocycles. The van der Waals surface area contributed by atoms with Crippen LogP contribution in [0.1, 0.15) is 12.8 Å². The van der Waals surface area contributed by atoms with E-state index in [0.717, 1.165) is 0 Å². The molecule has 2 aliphatic heterocycles. The predicted molar refractivity (Wildman–Crippen MR) is 55.9 cm³/mol. The lowest BCUT2D eigenvalue weighted by atomic mass is 9.88. The summed E-state index contributed by atoms with van der Waals surface area (Å²) in [5, 5.41) is 13.2. The van der Waals surface area contributed by atoms with Crippen molar-refractivity contribution in [3.63, 3.8) is 0 Å². The van der Waals surface area contributed by atoms with Gasteiger partial charge in [0.15, 0.2) is 0 Å². The second kappa shape index (κ2) is 4.34. The van der Waals surface area contributed by atoms with Crippen molar-refractivity contribution >= 4 is 12.1 Å². The molecule has 1 fully saturated rings. The Hall–Kier alpha value is -1.60. The van der Waals surface area contributed by atoms with Crippen LogP contribution in [0.5, 0.6) is 0 Å². The van der Waals surface area contributed by atoms with Crippen LogP contribution in [0.3, 0.4) is 0 Å². The number of hydrogen-bond acceptors (Lipinski definition) is 5. The van der Waals surface area contributed by atoms with Crippen LogP contribution in [0, 0.1) is 0 Å². The summed E-state index contributed by atoms with van der Waals surface area (Å²) in [6, 6.07) is 0. The minimum Gasteiger partial charge on any atom is -0.449 e. The van der Waals surface area contributed by atoms with Crippen molar-refractivity contribution in [3.8, 4) is 0 Å². The van der Waals surface area contributed by atoms with Gasteiger partial charge >= 0.3 is 6.16 Å². The van der Waals surface area contributed by atoms with Gasteiger partial charge in [0.1, 0.15) is 11.3 Å². The van der Waals surface area contributed by atoms with Gasteiger partial charge < -0.3 is 20.0 Å². The average molecular weight is 242 g/mol. The van der Waals surface area contributed by atoms with Gasteiger partial charge in [-0.05, 0) is 12.8 Å². The Labute approximate surface area is 97.9 Å². The van der Waals surface area contributed by atoms with Crippen molar-refractivity contribution in [2.24, 2.45) is 0 Å². The highest BCUT2D eigenvalue weighted by molar-refractivity contribution is 5.92. The van der Waals surface area contributed by atoms with Crippen molar-refractivity contribution in [2.75, 3.05) is 20.2 Å². The Morgan fingerprint density at radius 3 is 2.71 bits per heavy atom. The van der Waals surface area contributed by atoms with E-state index in [1.54, 1.807) is 12.2 Å². The Morgan fingerprint density at radius 1 is 1.53 bits per heavy atom. The summed E-state index contributed by atoms with van der Waals surface area (Å²) >= 11 is 0. The van der Waals surface area contributed by atoms with Crippen LogP contribution < -0.4 is 5.32 Å². The van der Waals surface area contributed by atoms with Crippen LogP contribution in [0.4, 0.5) is 4.79 Å². The molecule has 0 unspecified atom stereocenters. The molecule has 7 nitrogen and oxygen atoms in total. The fraction of sp³-hybridized carbons (Fsp3) is 0.600. The van der Waals surface area contributed by atoms with Crippen LogP contribution >= 0.6 is 0 Å². The van der Waals surface area contributed by atoms with E-state index in [4.69, 9.17) is 9.94 Å².